The third-order valence-corrected chi connectivity index (χ3v) is 4.48. The highest BCUT2D eigenvalue weighted by Gasteiger charge is 2.33. The van der Waals surface area contributed by atoms with Gasteiger partial charge in [-0.15, -0.1) is 0 Å². The maximum absolute atomic E-state index is 12.7. The first kappa shape index (κ1) is 13.6. The van der Waals surface area contributed by atoms with Crippen LogP contribution in [0.25, 0.3) is 0 Å². The van der Waals surface area contributed by atoms with Crippen LogP contribution in [0.4, 0.5) is 0 Å². The van der Waals surface area contributed by atoms with E-state index < -0.39 is 0 Å². The number of fused-ring (bicyclic) bond motifs is 1. The van der Waals surface area contributed by atoms with Crippen molar-refractivity contribution in [1.82, 2.24) is 10.2 Å². The van der Waals surface area contributed by atoms with Crippen LogP contribution in [0.2, 0.25) is 0 Å². The number of aryl methyl sites for hydroxylation is 1. The number of nitrogens with one attached hydrogen (secondary N) is 1. The zero-order valence-corrected chi connectivity index (χ0v) is 12.3. The standard InChI is InChI=1S/C17H24N2O/c1-2-18-16(14-9-10-14)12-19-11-5-7-13-6-3-4-8-15(13)17(19)20/h3-4,6,8,14,16,18H,2,5,7,9-12H2,1H3. The fraction of sp³-hybridized carbons (Fsp3) is 0.588. The van der Waals surface area contributed by atoms with Crippen molar-refractivity contribution < 1.29 is 4.79 Å². The molecule has 2 aliphatic rings. The van der Waals surface area contributed by atoms with E-state index in [-0.39, 0.29) is 5.91 Å². The molecule has 108 valence electrons. The second-order valence-electron chi connectivity index (χ2n) is 6.01. The van der Waals surface area contributed by atoms with Crippen LogP contribution >= 0.6 is 0 Å². The summed E-state index contributed by atoms with van der Waals surface area (Å²) in [5.41, 5.74) is 2.13. The number of rotatable bonds is 5. The fourth-order valence-electron chi connectivity index (χ4n) is 3.23. The van der Waals surface area contributed by atoms with Gasteiger partial charge in [-0.3, -0.25) is 4.79 Å². The monoisotopic (exact) mass is 272 g/mol. The lowest BCUT2D eigenvalue weighted by Gasteiger charge is -2.27. The third kappa shape index (κ3) is 2.88. The average Bonchev–Trinajstić information content (AvgIpc) is 3.29. The van der Waals surface area contributed by atoms with Gasteiger partial charge in [0.15, 0.2) is 0 Å². The van der Waals surface area contributed by atoms with E-state index in [4.69, 9.17) is 0 Å². The number of hydrogen-bond acceptors (Lipinski definition) is 2. The number of carbonyl (C=O) groups is 1. The summed E-state index contributed by atoms with van der Waals surface area (Å²) in [4.78, 5) is 14.8. The van der Waals surface area contributed by atoms with E-state index in [0.29, 0.717) is 6.04 Å². The molecule has 0 radical (unpaired) electrons. The summed E-state index contributed by atoms with van der Waals surface area (Å²) in [7, 11) is 0. The van der Waals surface area contributed by atoms with Crippen molar-refractivity contribution in [3.8, 4) is 0 Å². The van der Waals surface area contributed by atoms with E-state index in [0.717, 1.165) is 44.0 Å². The number of hydrogen-bond donors (Lipinski definition) is 1. The van der Waals surface area contributed by atoms with Crippen LogP contribution < -0.4 is 5.32 Å². The third-order valence-electron chi connectivity index (χ3n) is 4.48. The van der Waals surface area contributed by atoms with Crippen LogP contribution in [0.3, 0.4) is 0 Å². The molecule has 0 bridgehead atoms. The predicted octanol–water partition coefficient (Wildman–Crippen LogP) is 2.46. The summed E-state index contributed by atoms with van der Waals surface area (Å²) in [5.74, 6) is 1.00. The van der Waals surface area contributed by atoms with Crippen LogP contribution in [0.15, 0.2) is 24.3 Å². The Morgan fingerprint density at radius 2 is 2.15 bits per heavy atom. The van der Waals surface area contributed by atoms with Crippen molar-refractivity contribution in [1.29, 1.82) is 0 Å². The van der Waals surface area contributed by atoms with Crippen LogP contribution in [0.5, 0.6) is 0 Å². The minimum atomic E-state index is 0.224. The Morgan fingerprint density at radius 3 is 2.90 bits per heavy atom. The molecule has 3 rings (SSSR count). The van der Waals surface area contributed by atoms with E-state index in [1.54, 1.807) is 0 Å². The predicted molar refractivity (Wildman–Crippen MR) is 80.9 cm³/mol. The molecular formula is C17H24N2O. The molecule has 0 aromatic heterocycles. The first-order chi connectivity index (χ1) is 9.79. The van der Waals surface area contributed by atoms with Crippen LogP contribution in [-0.2, 0) is 6.42 Å². The fourth-order valence-corrected chi connectivity index (χ4v) is 3.23. The lowest BCUT2D eigenvalue weighted by atomic mass is 10.0. The lowest BCUT2D eigenvalue weighted by molar-refractivity contribution is 0.0739. The largest absolute Gasteiger partial charge is 0.337 e. The van der Waals surface area contributed by atoms with Gasteiger partial charge in [-0.1, -0.05) is 25.1 Å². The maximum Gasteiger partial charge on any atom is 0.254 e. The second kappa shape index (κ2) is 5.96. The number of benzene rings is 1. The van der Waals surface area contributed by atoms with Gasteiger partial charge >= 0.3 is 0 Å². The van der Waals surface area contributed by atoms with Gasteiger partial charge in [0.25, 0.3) is 5.91 Å². The normalized spacial score (nSPS) is 20.4. The molecule has 1 saturated carbocycles. The van der Waals surface area contributed by atoms with E-state index in [9.17, 15) is 4.79 Å². The van der Waals surface area contributed by atoms with E-state index in [1.165, 1.54) is 18.4 Å². The maximum atomic E-state index is 12.7. The van der Waals surface area contributed by atoms with Crippen molar-refractivity contribution >= 4 is 5.91 Å². The summed E-state index contributed by atoms with van der Waals surface area (Å²) in [5, 5.41) is 3.56. The summed E-state index contributed by atoms with van der Waals surface area (Å²) in [6.45, 7) is 4.89. The number of likely N-dealkylation sites (N-methyl/N-ethyl adjacent to an activating group) is 1. The van der Waals surface area contributed by atoms with Crippen LogP contribution in [0.1, 0.15) is 42.1 Å². The quantitative estimate of drug-likeness (QED) is 0.893. The van der Waals surface area contributed by atoms with Crippen LogP contribution in [-0.4, -0.2) is 36.5 Å². The molecule has 1 aromatic carbocycles. The lowest BCUT2D eigenvalue weighted by Crippen LogP contribution is -2.45. The highest BCUT2D eigenvalue weighted by Crippen LogP contribution is 2.33. The molecule has 1 atom stereocenters. The van der Waals surface area contributed by atoms with Crippen molar-refractivity contribution in [2.75, 3.05) is 19.6 Å². The van der Waals surface area contributed by atoms with Gasteiger partial charge in [-0.25, -0.2) is 0 Å². The summed E-state index contributed by atoms with van der Waals surface area (Å²) >= 11 is 0. The number of nitrogens with zero attached hydrogens (tertiary/aromatic N) is 1. The molecule has 3 nitrogen and oxygen atoms in total. The van der Waals surface area contributed by atoms with Gasteiger partial charge < -0.3 is 10.2 Å². The van der Waals surface area contributed by atoms with Crippen LogP contribution in [0, 0.1) is 5.92 Å². The summed E-state index contributed by atoms with van der Waals surface area (Å²) in [6.07, 6.45) is 4.73. The molecule has 1 heterocycles. The van der Waals surface area contributed by atoms with Gasteiger partial charge in [-0.05, 0) is 49.8 Å². The van der Waals surface area contributed by atoms with E-state index >= 15 is 0 Å². The molecule has 0 spiro atoms. The summed E-state index contributed by atoms with van der Waals surface area (Å²) in [6, 6.07) is 8.57. The first-order valence-corrected chi connectivity index (χ1v) is 7.90. The number of amides is 1. The molecule has 1 unspecified atom stereocenters. The zero-order chi connectivity index (χ0) is 13.9. The molecule has 1 N–H and O–H groups in total. The van der Waals surface area contributed by atoms with Crippen molar-refractivity contribution in [2.24, 2.45) is 5.92 Å². The van der Waals surface area contributed by atoms with Gasteiger partial charge in [-0.2, -0.15) is 0 Å². The molecular weight excluding hydrogens is 248 g/mol. The SMILES string of the molecule is CCNC(CN1CCCc2ccccc2C1=O)C1CC1. The topological polar surface area (TPSA) is 32.3 Å². The smallest absolute Gasteiger partial charge is 0.254 e. The molecule has 1 amide bonds. The Kier molecular flexibility index (Phi) is 4.06. The van der Waals surface area contributed by atoms with Gasteiger partial charge in [0.2, 0.25) is 0 Å². The summed E-state index contributed by atoms with van der Waals surface area (Å²) < 4.78 is 0. The Balaban J connectivity index is 1.75. The molecule has 1 fully saturated rings. The highest BCUT2D eigenvalue weighted by atomic mass is 16.2. The minimum absolute atomic E-state index is 0.224. The van der Waals surface area contributed by atoms with Crippen molar-refractivity contribution in [3.05, 3.63) is 35.4 Å². The van der Waals surface area contributed by atoms with Gasteiger partial charge in [0.05, 0.1) is 0 Å². The van der Waals surface area contributed by atoms with Crippen molar-refractivity contribution in [3.63, 3.8) is 0 Å². The molecule has 3 heteroatoms. The Bertz CT molecular complexity index is 482. The second-order valence-corrected chi connectivity index (χ2v) is 6.01. The minimum Gasteiger partial charge on any atom is -0.337 e. The average molecular weight is 272 g/mol. The molecule has 1 aliphatic heterocycles. The Hall–Kier alpha value is -1.35. The zero-order valence-electron chi connectivity index (χ0n) is 12.3. The highest BCUT2D eigenvalue weighted by molar-refractivity contribution is 5.96. The van der Waals surface area contributed by atoms with Gasteiger partial charge in [0, 0.05) is 24.7 Å². The Morgan fingerprint density at radius 1 is 1.35 bits per heavy atom. The molecule has 1 aliphatic carbocycles. The van der Waals surface area contributed by atoms with E-state index in [2.05, 4.69) is 23.2 Å². The number of carbonyl (C=O) groups excluding carboxylic acids is 1. The molecule has 0 saturated heterocycles. The molecule has 20 heavy (non-hydrogen) atoms. The van der Waals surface area contributed by atoms with Crippen molar-refractivity contribution in [2.45, 2.75) is 38.6 Å². The Labute approximate surface area is 121 Å². The van der Waals surface area contributed by atoms with Gasteiger partial charge in [0.1, 0.15) is 0 Å². The van der Waals surface area contributed by atoms with E-state index in [1.807, 2.05) is 18.2 Å². The first-order valence-electron chi connectivity index (χ1n) is 7.90. The molecule has 1 aromatic rings.